The van der Waals surface area contributed by atoms with Crippen molar-refractivity contribution in [2.45, 2.75) is 79.8 Å². The number of carbonyl (C=O) groups is 3. The van der Waals surface area contributed by atoms with E-state index < -0.39 is 5.97 Å². The Bertz CT molecular complexity index is 4140. The highest BCUT2D eigenvalue weighted by atomic mass is 16.5. The molecule has 12 rings (SSSR count). The average molecular weight is 1110 g/mol. The molecule has 83 heavy (non-hydrogen) atoms. The van der Waals surface area contributed by atoms with E-state index in [0.717, 1.165) is 107 Å². The maximum atomic E-state index is 12.9. The number of nitrogens with two attached hydrogens (primary N) is 1. The van der Waals surface area contributed by atoms with Gasteiger partial charge in [0.05, 0.1) is 55.4 Å². The van der Waals surface area contributed by atoms with Gasteiger partial charge in [0.25, 0.3) is 5.91 Å². The number of aromatic nitrogens is 5. The number of benzene rings is 6. The number of aromatic amines is 2. The number of fused-ring (bicyclic) bond motifs is 9. The van der Waals surface area contributed by atoms with Gasteiger partial charge in [-0.05, 0) is 164 Å². The molecule has 14 nitrogen and oxygen atoms in total. The number of ether oxygens (including phenoxy) is 3. The molecule has 0 radical (unpaired) electrons. The number of hydrogen-bond acceptors (Lipinski definition) is 10. The first-order chi connectivity index (χ1) is 39.5. The average Bonchev–Trinajstić information content (AvgIpc) is 3.50. The molecule has 1 amide bonds. The van der Waals surface area contributed by atoms with Crippen LogP contribution in [0.1, 0.15) is 129 Å². The van der Waals surface area contributed by atoms with Gasteiger partial charge in [-0.1, -0.05) is 75.0 Å². The summed E-state index contributed by atoms with van der Waals surface area (Å²) in [6.07, 6.45) is 6.80. The molecule has 14 heteroatoms. The van der Waals surface area contributed by atoms with E-state index in [0.29, 0.717) is 12.0 Å². The quantitative estimate of drug-likeness (QED) is 0.0727. The highest BCUT2D eigenvalue weighted by molar-refractivity contribution is 6.11. The van der Waals surface area contributed by atoms with Crippen LogP contribution in [0, 0.1) is 20.8 Å². The second-order valence-corrected chi connectivity index (χ2v) is 20.6. The Labute approximate surface area is 484 Å². The van der Waals surface area contributed by atoms with Gasteiger partial charge in [0.15, 0.2) is 5.78 Å². The third kappa shape index (κ3) is 13.6. The molecule has 1 aliphatic carbocycles. The molecule has 0 fully saturated rings. The summed E-state index contributed by atoms with van der Waals surface area (Å²) in [5.41, 5.74) is 22.1. The molecule has 1 aliphatic rings. The fourth-order valence-electron chi connectivity index (χ4n) is 10.2. The number of aryl methyl sites for hydroxylation is 3. The maximum absolute atomic E-state index is 12.9. The van der Waals surface area contributed by atoms with Gasteiger partial charge in [-0.15, -0.1) is 0 Å². The smallest absolute Gasteiger partial charge is 0.335 e. The first-order valence-electron chi connectivity index (χ1n) is 27.1. The summed E-state index contributed by atoms with van der Waals surface area (Å²) in [6.45, 7) is 11.9. The number of amides is 1. The van der Waals surface area contributed by atoms with Crippen LogP contribution in [0.15, 0.2) is 164 Å². The van der Waals surface area contributed by atoms with E-state index in [9.17, 15) is 14.4 Å². The topological polar surface area (TPSA) is 207 Å². The number of pyridine rings is 3. The molecular formula is C69H71N7O7. The summed E-state index contributed by atoms with van der Waals surface area (Å²) in [6, 6.07) is 46.4. The van der Waals surface area contributed by atoms with Crippen LogP contribution in [0.2, 0.25) is 0 Å². The van der Waals surface area contributed by atoms with Crippen molar-refractivity contribution in [3.05, 3.63) is 226 Å². The van der Waals surface area contributed by atoms with Crippen molar-refractivity contribution in [2.24, 2.45) is 5.73 Å². The van der Waals surface area contributed by atoms with E-state index in [1.807, 2.05) is 174 Å². The van der Waals surface area contributed by atoms with Gasteiger partial charge >= 0.3 is 5.97 Å². The molecule has 6 aromatic carbocycles. The Hall–Kier alpha value is -9.66. The SMILES string of the molecule is C.COc1cccc([C@@H](C)CC(=O)c2ccc3c(c2)[nH]c2c(C)nccc23)c1.COc1cccc([C@@H](C)N)c1.COc1cccc([C@@H](C)NC(=O)c2ccc3c(c2)Cc2cnc(C)cc2-3)c1.Cc1nccc2c1[nH]c1cc(C(=O)O)ccc12. The minimum Gasteiger partial charge on any atom is -0.497 e. The summed E-state index contributed by atoms with van der Waals surface area (Å²) in [5.74, 6) is 1.74. The van der Waals surface area contributed by atoms with E-state index in [2.05, 4.69) is 43.2 Å². The third-order valence-electron chi connectivity index (χ3n) is 14.9. The summed E-state index contributed by atoms with van der Waals surface area (Å²) in [4.78, 5) is 56.1. The van der Waals surface area contributed by atoms with Crippen LogP contribution in [-0.2, 0) is 6.42 Å². The summed E-state index contributed by atoms with van der Waals surface area (Å²) < 4.78 is 15.6. The van der Waals surface area contributed by atoms with Crippen molar-refractivity contribution < 1.29 is 33.7 Å². The van der Waals surface area contributed by atoms with E-state index in [1.54, 1.807) is 39.7 Å². The Kier molecular flexibility index (Phi) is 18.8. The van der Waals surface area contributed by atoms with E-state index in [-0.39, 0.29) is 42.7 Å². The van der Waals surface area contributed by atoms with Gasteiger partial charge < -0.3 is 40.3 Å². The van der Waals surface area contributed by atoms with Crippen LogP contribution in [0.5, 0.6) is 17.2 Å². The second kappa shape index (κ2) is 26.3. The maximum Gasteiger partial charge on any atom is 0.335 e. The number of rotatable bonds is 12. The van der Waals surface area contributed by atoms with E-state index in [1.165, 1.54) is 22.3 Å². The molecule has 0 spiro atoms. The lowest BCUT2D eigenvalue weighted by atomic mass is 9.93. The molecular weight excluding hydrogens is 1040 g/mol. The second-order valence-electron chi connectivity index (χ2n) is 20.6. The number of ketones is 1. The predicted octanol–water partition coefficient (Wildman–Crippen LogP) is 14.9. The van der Waals surface area contributed by atoms with Crippen molar-refractivity contribution in [3.63, 3.8) is 0 Å². The standard InChI is InChI=1S/2C23H22N2O2.C13H10N2O2.C9H13NO.CH4/c1-14-9-22-19(13-24-14)11-18-10-17(7-8-21(18)22)23(26)25-15(2)16-5-4-6-20(12-16)27-3;1-14(16-5-4-6-18(12-16)27-3)11-22(26)17-7-8-19-20-9-10-24-15(2)23(20)25-21(19)13-17;1-7-12-10(4-5-14-7)9-3-2-8(13(16)17)6-11(9)15-12;1-7(10)8-4-3-5-9(6-8)11-2;/h4-10,12-13,15H,11H2,1-3H3,(H,25,26);4-10,12-14,25H,11H2,1-3H3;2-6,15H,1H3,(H,16,17);3-7H,10H2,1-2H3;1H4/t15-;14-;;7-;/m10.1./s1. The minimum absolute atomic E-state index is 0. The number of nitrogens with one attached hydrogen (secondary N) is 3. The summed E-state index contributed by atoms with van der Waals surface area (Å²) in [7, 11) is 4.95. The van der Waals surface area contributed by atoms with Gasteiger partial charge in [0, 0.05) is 86.9 Å². The fraction of sp³-hybridized carbons (Fsp3) is 0.217. The first kappa shape index (κ1) is 59.5. The zero-order valence-corrected chi connectivity index (χ0v) is 47.6. The number of methoxy groups -OCH3 is 3. The lowest BCUT2D eigenvalue weighted by molar-refractivity contribution is 0.0696. The van der Waals surface area contributed by atoms with Crippen LogP contribution in [-0.4, -0.2) is 69.0 Å². The minimum atomic E-state index is -0.916. The van der Waals surface area contributed by atoms with Crippen LogP contribution in [0.4, 0.5) is 0 Å². The molecule has 3 atom stereocenters. The zero-order valence-electron chi connectivity index (χ0n) is 47.6. The van der Waals surface area contributed by atoms with Gasteiger partial charge in [-0.2, -0.15) is 0 Å². The van der Waals surface area contributed by atoms with Gasteiger partial charge in [-0.25, -0.2) is 4.79 Å². The number of hydrogen-bond donors (Lipinski definition) is 5. The number of aromatic carboxylic acids is 1. The number of carbonyl (C=O) groups excluding carboxylic acids is 2. The summed E-state index contributed by atoms with van der Waals surface area (Å²) >= 11 is 0. The highest BCUT2D eigenvalue weighted by Gasteiger charge is 2.22. The molecule has 0 bridgehead atoms. The van der Waals surface area contributed by atoms with Crippen molar-refractivity contribution in [2.75, 3.05) is 21.3 Å². The van der Waals surface area contributed by atoms with Crippen LogP contribution >= 0.6 is 0 Å². The number of nitrogens with zero attached hydrogens (tertiary/aromatic N) is 3. The molecule has 6 N–H and O–H groups in total. The molecule has 0 aliphatic heterocycles. The Morgan fingerprint density at radius 3 is 1.66 bits per heavy atom. The highest BCUT2D eigenvalue weighted by Crippen LogP contribution is 2.37. The fourth-order valence-corrected chi connectivity index (χ4v) is 10.2. The molecule has 5 heterocycles. The number of Topliss-reactive ketones (excluding diaryl/α,β-unsaturated/α-hetero) is 1. The Morgan fingerprint density at radius 1 is 0.578 bits per heavy atom. The van der Waals surface area contributed by atoms with Gasteiger partial charge in [-0.3, -0.25) is 24.5 Å². The predicted molar refractivity (Wildman–Crippen MR) is 332 cm³/mol. The summed E-state index contributed by atoms with van der Waals surface area (Å²) in [5, 5.41) is 16.4. The van der Waals surface area contributed by atoms with Crippen LogP contribution in [0.3, 0.4) is 0 Å². The number of carboxylic acid groups (broad SMARTS) is 1. The van der Waals surface area contributed by atoms with Gasteiger partial charge in [0.2, 0.25) is 0 Å². The normalized spacial score (nSPS) is 12.2. The lowest BCUT2D eigenvalue weighted by Gasteiger charge is -2.15. The van der Waals surface area contributed by atoms with Crippen molar-refractivity contribution in [1.82, 2.24) is 30.2 Å². The first-order valence-corrected chi connectivity index (χ1v) is 27.1. The number of carboxylic acids is 1. The molecule has 0 saturated heterocycles. The molecule has 424 valence electrons. The molecule has 11 aromatic rings. The van der Waals surface area contributed by atoms with E-state index >= 15 is 0 Å². The Morgan fingerprint density at radius 2 is 1.10 bits per heavy atom. The molecule has 5 aromatic heterocycles. The van der Waals surface area contributed by atoms with Crippen molar-refractivity contribution in [1.29, 1.82) is 0 Å². The Balaban J connectivity index is 0.000000151. The van der Waals surface area contributed by atoms with Crippen molar-refractivity contribution >= 4 is 61.3 Å². The van der Waals surface area contributed by atoms with Crippen molar-refractivity contribution in [3.8, 4) is 28.4 Å². The molecule has 0 unspecified atom stereocenters. The molecule has 0 saturated carbocycles. The van der Waals surface area contributed by atoms with Crippen LogP contribution in [0.25, 0.3) is 54.7 Å². The van der Waals surface area contributed by atoms with E-state index in [4.69, 9.17) is 25.1 Å². The largest absolute Gasteiger partial charge is 0.497 e. The zero-order chi connectivity index (χ0) is 58.2. The van der Waals surface area contributed by atoms with Gasteiger partial charge in [0.1, 0.15) is 17.2 Å². The lowest BCUT2D eigenvalue weighted by Crippen LogP contribution is -2.26. The third-order valence-corrected chi connectivity index (χ3v) is 14.9. The van der Waals surface area contributed by atoms with Crippen LogP contribution < -0.4 is 25.3 Å². The monoisotopic (exact) mass is 1110 g/mol. The number of H-pyrrole nitrogens is 2.